The predicted molar refractivity (Wildman–Crippen MR) is 96.8 cm³/mol. The van der Waals surface area contributed by atoms with Crippen LogP contribution in [0.15, 0.2) is 35.7 Å². The van der Waals surface area contributed by atoms with Crippen LogP contribution in [0.1, 0.15) is 15.4 Å². The number of thiophene rings is 1. The SMILES string of the molecule is Cc1csc(N2CCN(C(=O)c3cc4ccccc4s3)CC2)n1. The van der Waals surface area contributed by atoms with Crippen molar-refractivity contribution in [3.05, 3.63) is 46.3 Å². The van der Waals surface area contributed by atoms with Crippen LogP contribution in [-0.4, -0.2) is 42.0 Å². The van der Waals surface area contributed by atoms with Gasteiger partial charge in [0, 0.05) is 36.3 Å². The minimum absolute atomic E-state index is 0.154. The lowest BCUT2D eigenvalue weighted by Crippen LogP contribution is -2.48. The molecule has 0 spiro atoms. The molecule has 4 nitrogen and oxygen atoms in total. The van der Waals surface area contributed by atoms with E-state index in [0.29, 0.717) is 0 Å². The second-order valence-electron chi connectivity index (χ2n) is 5.70. The summed E-state index contributed by atoms with van der Waals surface area (Å²) in [6.45, 7) is 5.23. The third kappa shape index (κ3) is 2.84. The number of anilines is 1. The molecule has 0 atom stereocenters. The number of benzene rings is 1. The van der Waals surface area contributed by atoms with Crippen molar-refractivity contribution in [2.24, 2.45) is 0 Å². The van der Waals surface area contributed by atoms with Crippen LogP contribution in [0.25, 0.3) is 10.1 Å². The van der Waals surface area contributed by atoms with Gasteiger partial charge in [0.15, 0.2) is 5.13 Å². The maximum atomic E-state index is 12.7. The van der Waals surface area contributed by atoms with Crippen LogP contribution in [0.2, 0.25) is 0 Å². The maximum absolute atomic E-state index is 12.7. The minimum atomic E-state index is 0.154. The summed E-state index contributed by atoms with van der Waals surface area (Å²) in [5, 5.41) is 4.29. The summed E-state index contributed by atoms with van der Waals surface area (Å²) in [7, 11) is 0. The first-order chi connectivity index (χ1) is 11.2. The second kappa shape index (κ2) is 5.94. The second-order valence-corrected chi connectivity index (χ2v) is 7.62. The Bertz CT molecular complexity index is 813. The number of rotatable bonds is 2. The molecule has 118 valence electrons. The average molecular weight is 343 g/mol. The molecule has 3 aromatic rings. The fourth-order valence-electron chi connectivity index (χ4n) is 2.83. The molecule has 23 heavy (non-hydrogen) atoms. The lowest BCUT2D eigenvalue weighted by molar-refractivity contribution is 0.0751. The normalized spacial score (nSPS) is 15.3. The van der Waals surface area contributed by atoms with Gasteiger partial charge in [0.05, 0.1) is 10.6 Å². The Morgan fingerprint density at radius 1 is 1.17 bits per heavy atom. The van der Waals surface area contributed by atoms with Gasteiger partial charge in [0.1, 0.15) is 0 Å². The molecule has 2 aromatic heterocycles. The molecule has 0 N–H and O–H groups in total. The molecule has 0 bridgehead atoms. The number of fused-ring (bicyclic) bond motifs is 1. The molecule has 6 heteroatoms. The van der Waals surface area contributed by atoms with Gasteiger partial charge in [0.2, 0.25) is 0 Å². The largest absolute Gasteiger partial charge is 0.345 e. The molecular formula is C17H17N3OS2. The number of hydrogen-bond acceptors (Lipinski definition) is 5. The molecule has 1 aromatic carbocycles. The van der Waals surface area contributed by atoms with Gasteiger partial charge >= 0.3 is 0 Å². The first-order valence-electron chi connectivity index (χ1n) is 7.65. The summed E-state index contributed by atoms with van der Waals surface area (Å²) in [6, 6.07) is 10.2. The first-order valence-corrected chi connectivity index (χ1v) is 9.35. The number of piperazine rings is 1. The van der Waals surface area contributed by atoms with Crippen LogP contribution < -0.4 is 4.90 Å². The van der Waals surface area contributed by atoms with Crippen molar-refractivity contribution in [2.75, 3.05) is 31.1 Å². The van der Waals surface area contributed by atoms with Crippen LogP contribution in [0.3, 0.4) is 0 Å². The van der Waals surface area contributed by atoms with Crippen molar-refractivity contribution in [1.29, 1.82) is 0 Å². The van der Waals surface area contributed by atoms with Crippen LogP contribution >= 0.6 is 22.7 Å². The molecule has 1 amide bonds. The van der Waals surface area contributed by atoms with E-state index in [1.165, 1.54) is 4.70 Å². The van der Waals surface area contributed by atoms with E-state index < -0.39 is 0 Å². The minimum Gasteiger partial charge on any atom is -0.345 e. The maximum Gasteiger partial charge on any atom is 0.264 e. The van der Waals surface area contributed by atoms with E-state index in [0.717, 1.165) is 47.3 Å². The summed E-state index contributed by atoms with van der Waals surface area (Å²) < 4.78 is 1.17. The Hall–Kier alpha value is -1.92. The molecule has 0 unspecified atom stereocenters. The Balaban J connectivity index is 1.46. The lowest BCUT2D eigenvalue weighted by Gasteiger charge is -2.34. The molecule has 1 aliphatic heterocycles. The van der Waals surface area contributed by atoms with Crippen molar-refractivity contribution in [2.45, 2.75) is 6.92 Å². The number of aromatic nitrogens is 1. The zero-order chi connectivity index (χ0) is 15.8. The highest BCUT2D eigenvalue weighted by Crippen LogP contribution is 2.27. The van der Waals surface area contributed by atoms with Crippen LogP contribution in [0, 0.1) is 6.92 Å². The molecule has 4 rings (SSSR count). The highest BCUT2D eigenvalue weighted by atomic mass is 32.1. The number of carbonyl (C=O) groups excluding carboxylic acids is 1. The van der Waals surface area contributed by atoms with Gasteiger partial charge in [-0.05, 0) is 24.4 Å². The number of hydrogen-bond donors (Lipinski definition) is 0. The van der Waals surface area contributed by atoms with E-state index in [9.17, 15) is 4.79 Å². The molecule has 0 aliphatic carbocycles. The standard InChI is InChI=1S/C17H17N3OS2/c1-12-11-22-17(18-12)20-8-6-19(7-9-20)16(21)15-10-13-4-2-3-5-14(13)23-15/h2-5,10-11H,6-9H2,1H3. The van der Waals surface area contributed by atoms with Crippen molar-refractivity contribution in [3.63, 3.8) is 0 Å². The zero-order valence-electron chi connectivity index (χ0n) is 12.9. The van der Waals surface area contributed by atoms with Crippen LogP contribution in [-0.2, 0) is 0 Å². The summed E-state index contributed by atoms with van der Waals surface area (Å²) in [5.41, 5.74) is 1.06. The molecule has 0 saturated carbocycles. The van der Waals surface area contributed by atoms with Crippen LogP contribution in [0.4, 0.5) is 5.13 Å². The summed E-state index contributed by atoms with van der Waals surface area (Å²) in [5.74, 6) is 0.154. The van der Waals surface area contributed by atoms with Gasteiger partial charge in [0.25, 0.3) is 5.91 Å². The Morgan fingerprint density at radius 3 is 2.65 bits per heavy atom. The molecule has 0 radical (unpaired) electrons. The highest BCUT2D eigenvalue weighted by molar-refractivity contribution is 7.20. The van der Waals surface area contributed by atoms with Crippen molar-refractivity contribution in [3.8, 4) is 0 Å². The third-order valence-corrected chi connectivity index (χ3v) is 6.20. The number of amides is 1. The number of nitrogens with zero attached hydrogens (tertiary/aromatic N) is 3. The van der Waals surface area contributed by atoms with Gasteiger partial charge in [-0.3, -0.25) is 4.79 Å². The van der Waals surface area contributed by atoms with Crippen molar-refractivity contribution in [1.82, 2.24) is 9.88 Å². The first kappa shape index (κ1) is 14.7. The Morgan fingerprint density at radius 2 is 1.96 bits per heavy atom. The van der Waals surface area contributed by atoms with Gasteiger partial charge in [-0.2, -0.15) is 0 Å². The Labute approximate surface area is 143 Å². The quantitative estimate of drug-likeness (QED) is 0.713. The topological polar surface area (TPSA) is 36.4 Å². The van der Waals surface area contributed by atoms with E-state index >= 15 is 0 Å². The fraction of sp³-hybridized carbons (Fsp3) is 0.294. The van der Waals surface area contributed by atoms with Gasteiger partial charge in [-0.15, -0.1) is 22.7 Å². The molecule has 1 fully saturated rings. The van der Waals surface area contributed by atoms with E-state index in [2.05, 4.69) is 27.4 Å². The van der Waals surface area contributed by atoms with E-state index in [-0.39, 0.29) is 5.91 Å². The number of carbonyl (C=O) groups is 1. The predicted octanol–water partition coefficient (Wildman–Crippen LogP) is 3.63. The van der Waals surface area contributed by atoms with Crippen LogP contribution in [0.5, 0.6) is 0 Å². The smallest absolute Gasteiger partial charge is 0.264 e. The summed E-state index contributed by atoms with van der Waals surface area (Å²) in [6.07, 6.45) is 0. The number of thiazole rings is 1. The monoisotopic (exact) mass is 343 g/mol. The molecular weight excluding hydrogens is 326 g/mol. The van der Waals surface area contributed by atoms with E-state index in [4.69, 9.17) is 0 Å². The van der Waals surface area contributed by atoms with E-state index in [1.54, 1.807) is 22.7 Å². The third-order valence-electron chi connectivity index (χ3n) is 4.08. The highest BCUT2D eigenvalue weighted by Gasteiger charge is 2.24. The average Bonchev–Trinajstić information content (AvgIpc) is 3.20. The lowest BCUT2D eigenvalue weighted by atomic mass is 10.2. The van der Waals surface area contributed by atoms with E-state index in [1.807, 2.05) is 30.0 Å². The molecule has 3 heterocycles. The van der Waals surface area contributed by atoms with Crippen molar-refractivity contribution >= 4 is 43.8 Å². The van der Waals surface area contributed by atoms with Crippen molar-refractivity contribution < 1.29 is 4.79 Å². The molecule has 1 aliphatic rings. The number of aryl methyl sites for hydroxylation is 1. The fourth-order valence-corrected chi connectivity index (χ4v) is 4.72. The summed E-state index contributed by atoms with van der Waals surface area (Å²) in [4.78, 5) is 22.3. The van der Waals surface area contributed by atoms with Gasteiger partial charge in [-0.25, -0.2) is 4.98 Å². The van der Waals surface area contributed by atoms with Gasteiger partial charge in [-0.1, -0.05) is 18.2 Å². The van der Waals surface area contributed by atoms with Gasteiger partial charge < -0.3 is 9.80 Å². The summed E-state index contributed by atoms with van der Waals surface area (Å²) >= 11 is 3.26. The zero-order valence-corrected chi connectivity index (χ0v) is 14.5. The Kier molecular flexibility index (Phi) is 3.79. The molecule has 1 saturated heterocycles.